The van der Waals surface area contributed by atoms with E-state index in [9.17, 15) is 4.39 Å². The van der Waals surface area contributed by atoms with Gasteiger partial charge in [-0.05, 0) is 42.9 Å². The molecule has 3 rings (SSSR count). The van der Waals surface area contributed by atoms with Gasteiger partial charge in [-0.1, -0.05) is 12.1 Å². The first-order valence-electron chi connectivity index (χ1n) is 6.64. The molecule has 1 heterocycles. The molecule has 0 fully saturated rings. The molecular weight excluding hydrogens is 257 g/mol. The summed E-state index contributed by atoms with van der Waals surface area (Å²) in [4.78, 5) is 11.8. The van der Waals surface area contributed by atoms with Crippen LogP contribution in [0.4, 0.5) is 16.3 Å². The van der Waals surface area contributed by atoms with Crippen molar-refractivity contribution in [1.29, 1.82) is 0 Å². The monoisotopic (exact) mass is 273 g/mol. The lowest BCUT2D eigenvalue weighted by molar-refractivity contribution is 0.542. The van der Waals surface area contributed by atoms with Crippen molar-refractivity contribution >= 4 is 11.9 Å². The Morgan fingerprint density at radius 3 is 3.00 bits per heavy atom. The number of hydrogen-bond acceptors (Lipinski definition) is 5. The molecule has 0 aliphatic heterocycles. The zero-order valence-electron chi connectivity index (χ0n) is 11.2. The van der Waals surface area contributed by atoms with Gasteiger partial charge in [-0.15, -0.1) is 0 Å². The SMILES string of the molecule is Cc1ccc2c(c1F)CCCC2Nc1ncnc(N)n1. The maximum Gasteiger partial charge on any atom is 0.227 e. The Bertz CT molecular complexity index is 643. The van der Waals surface area contributed by atoms with Crippen molar-refractivity contribution in [3.05, 3.63) is 41.0 Å². The molecule has 20 heavy (non-hydrogen) atoms. The van der Waals surface area contributed by atoms with E-state index in [4.69, 9.17) is 5.73 Å². The lowest BCUT2D eigenvalue weighted by Gasteiger charge is -2.27. The van der Waals surface area contributed by atoms with E-state index in [1.807, 2.05) is 12.1 Å². The first kappa shape index (κ1) is 12.8. The van der Waals surface area contributed by atoms with Crippen LogP contribution in [-0.4, -0.2) is 15.0 Å². The molecule has 6 heteroatoms. The lowest BCUT2D eigenvalue weighted by atomic mass is 9.86. The highest BCUT2D eigenvalue weighted by molar-refractivity contribution is 5.42. The summed E-state index contributed by atoms with van der Waals surface area (Å²) in [5.74, 6) is 0.508. The Morgan fingerprint density at radius 1 is 1.35 bits per heavy atom. The quantitative estimate of drug-likeness (QED) is 0.878. The minimum absolute atomic E-state index is 0.00986. The molecule has 1 unspecified atom stereocenters. The summed E-state index contributed by atoms with van der Waals surface area (Å²) in [7, 11) is 0. The number of rotatable bonds is 2. The van der Waals surface area contributed by atoms with Crippen LogP contribution in [0.25, 0.3) is 0 Å². The van der Waals surface area contributed by atoms with E-state index in [0.29, 0.717) is 11.5 Å². The standard InChI is InChI=1S/C14H16FN5/c1-8-5-6-9-10(12(8)15)3-2-4-11(9)19-14-18-7-17-13(16)20-14/h5-7,11H,2-4H2,1H3,(H3,16,17,18,19,20). The molecule has 3 N–H and O–H groups in total. The average Bonchev–Trinajstić information content (AvgIpc) is 2.43. The average molecular weight is 273 g/mol. The van der Waals surface area contributed by atoms with Crippen LogP contribution in [-0.2, 0) is 6.42 Å². The molecule has 0 saturated heterocycles. The van der Waals surface area contributed by atoms with Gasteiger partial charge in [0.2, 0.25) is 11.9 Å². The van der Waals surface area contributed by atoms with Crippen molar-refractivity contribution in [3.63, 3.8) is 0 Å². The van der Waals surface area contributed by atoms with Gasteiger partial charge >= 0.3 is 0 Å². The van der Waals surface area contributed by atoms with Gasteiger partial charge in [0.15, 0.2) is 0 Å². The Kier molecular flexibility index (Phi) is 3.22. The number of hydrogen-bond donors (Lipinski definition) is 2. The van der Waals surface area contributed by atoms with Gasteiger partial charge in [0.05, 0.1) is 6.04 Å². The van der Waals surface area contributed by atoms with Crippen LogP contribution in [0.3, 0.4) is 0 Å². The van der Waals surface area contributed by atoms with E-state index in [0.717, 1.165) is 30.4 Å². The molecule has 1 aromatic carbocycles. The molecule has 2 aromatic rings. The van der Waals surface area contributed by atoms with Crippen LogP contribution < -0.4 is 11.1 Å². The Morgan fingerprint density at radius 2 is 2.20 bits per heavy atom. The first-order valence-corrected chi connectivity index (χ1v) is 6.64. The van der Waals surface area contributed by atoms with E-state index >= 15 is 0 Å². The molecule has 1 aliphatic rings. The van der Waals surface area contributed by atoms with Crippen LogP contribution in [0.2, 0.25) is 0 Å². The number of halogens is 1. The fraction of sp³-hybridized carbons (Fsp3) is 0.357. The smallest absolute Gasteiger partial charge is 0.227 e. The molecule has 0 spiro atoms. The van der Waals surface area contributed by atoms with E-state index in [1.165, 1.54) is 6.33 Å². The van der Waals surface area contributed by atoms with Gasteiger partial charge in [-0.3, -0.25) is 0 Å². The van der Waals surface area contributed by atoms with Gasteiger partial charge in [0.1, 0.15) is 12.1 Å². The summed E-state index contributed by atoms with van der Waals surface area (Å²) in [6.07, 6.45) is 4.00. The summed E-state index contributed by atoms with van der Waals surface area (Å²) >= 11 is 0. The Hall–Kier alpha value is -2.24. The molecule has 1 aromatic heterocycles. The molecule has 104 valence electrons. The number of fused-ring (bicyclic) bond motifs is 1. The number of aromatic nitrogens is 3. The highest BCUT2D eigenvalue weighted by atomic mass is 19.1. The second-order valence-electron chi connectivity index (χ2n) is 5.02. The van der Waals surface area contributed by atoms with Gasteiger partial charge in [-0.25, -0.2) is 14.4 Å². The highest BCUT2D eigenvalue weighted by Crippen LogP contribution is 2.34. The van der Waals surface area contributed by atoms with E-state index < -0.39 is 0 Å². The van der Waals surface area contributed by atoms with Crippen molar-refractivity contribution < 1.29 is 4.39 Å². The molecule has 0 amide bonds. The third kappa shape index (κ3) is 2.29. The molecule has 0 saturated carbocycles. The number of nitrogens with one attached hydrogen (secondary N) is 1. The second-order valence-corrected chi connectivity index (χ2v) is 5.02. The number of nitrogen functional groups attached to an aromatic ring is 1. The number of anilines is 2. The van der Waals surface area contributed by atoms with Gasteiger partial charge in [0, 0.05) is 0 Å². The molecule has 0 bridgehead atoms. The number of nitrogens with zero attached hydrogens (tertiary/aromatic N) is 3. The zero-order valence-corrected chi connectivity index (χ0v) is 11.2. The molecule has 0 radical (unpaired) electrons. The lowest BCUT2D eigenvalue weighted by Crippen LogP contribution is -2.20. The topological polar surface area (TPSA) is 76.7 Å². The van der Waals surface area contributed by atoms with E-state index in [1.54, 1.807) is 6.92 Å². The highest BCUT2D eigenvalue weighted by Gasteiger charge is 2.24. The van der Waals surface area contributed by atoms with Crippen molar-refractivity contribution in [2.24, 2.45) is 0 Å². The number of aryl methyl sites for hydroxylation is 1. The maximum absolute atomic E-state index is 14.2. The van der Waals surface area contributed by atoms with E-state index in [-0.39, 0.29) is 17.8 Å². The summed E-state index contributed by atoms with van der Waals surface area (Å²) in [6.45, 7) is 1.79. The predicted octanol–water partition coefficient (Wildman–Crippen LogP) is 2.39. The fourth-order valence-electron chi connectivity index (χ4n) is 2.66. The van der Waals surface area contributed by atoms with Crippen LogP contribution in [0.1, 0.15) is 35.6 Å². The van der Waals surface area contributed by atoms with Gasteiger partial charge in [0.25, 0.3) is 0 Å². The Labute approximate surface area is 116 Å². The van der Waals surface area contributed by atoms with Crippen LogP contribution in [0, 0.1) is 12.7 Å². The molecular formula is C14H16FN5. The molecule has 5 nitrogen and oxygen atoms in total. The number of benzene rings is 1. The third-order valence-electron chi connectivity index (χ3n) is 3.66. The zero-order chi connectivity index (χ0) is 14.1. The predicted molar refractivity (Wildman–Crippen MR) is 74.7 cm³/mol. The van der Waals surface area contributed by atoms with Gasteiger partial charge in [-0.2, -0.15) is 4.98 Å². The summed E-state index contributed by atoms with van der Waals surface area (Å²) in [5.41, 5.74) is 8.02. The minimum atomic E-state index is -0.0934. The third-order valence-corrected chi connectivity index (χ3v) is 3.66. The summed E-state index contributed by atoms with van der Waals surface area (Å²) in [6, 6.07) is 3.81. The van der Waals surface area contributed by atoms with Crippen LogP contribution >= 0.6 is 0 Å². The van der Waals surface area contributed by atoms with Crippen LogP contribution in [0.5, 0.6) is 0 Å². The van der Waals surface area contributed by atoms with Crippen molar-refractivity contribution in [3.8, 4) is 0 Å². The largest absolute Gasteiger partial charge is 0.368 e. The molecule has 1 aliphatic carbocycles. The summed E-state index contributed by atoms with van der Waals surface area (Å²) < 4.78 is 14.2. The Balaban J connectivity index is 1.92. The van der Waals surface area contributed by atoms with Crippen molar-refractivity contribution in [2.45, 2.75) is 32.2 Å². The molecule has 1 atom stereocenters. The normalized spacial score (nSPS) is 17.6. The van der Waals surface area contributed by atoms with Crippen molar-refractivity contribution in [1.82, 2.24) is 15.0 Å². The second kappa shape index (κ2) is 5.03. The maximum atomic E-state index is 14.2. The van der Waals surface area contributed by atoms with Gasteiger partial charge < -0.3 is 11.1 Å². The van der Waals surface area contributed by atoms with E-state index in [2.05, 4.69) is 20.3 Å². The fourth-order valence-corrected chi connectivity index (χ4v) is 2.66. The first-order chi connectivity index (χ1) is 9.65. The van der Waals surface area contributed by atoms with Crippen LogP contribution in [0.15, 0.2) is 18.5 Å². The minimum Gasteiger partial charge on any atom is -0.368 e. The van der Waals surface area contributed by atoms with Crippen molar-refractivity contribution in [2.75, 3.05) is 11.1 Å². The number of nitrogens with two attached hydrogens (primary N) is 1. The summed E-state index contributed by atoms with van der Waals surface area (Å²) in [5, 5.41) is 3.22.